The quantitative estimate of drug-likeness (QED) is 0.835. The Morgan fingerprint density at radius 3 is 2.58 bits per heavy atom. The summed E-state index contributed by atoms with van der Waals surface area (Å²) in [6, 6.07) is 0.0606. The lowest BCUT2D eigenvalue weighted by Crippen LogP contribution is -2.49. The van der Waals surface area contributed by atoms with Crippen molar-refractivity contribution in [3.05, 3.63) is 0 Å². The van der Waals surface area contributed by atoms with Gasteiger partial charge in [0, 0.05) is 26.2 Å². The highest BCUT2D eigenvalue weighted by molar-refractivity contribution is 5.79. The Labute approximate surface area is 117 Å². The molecule has 2 N–H and O–H groups in total. The topological polar surface area (TPSA) is 49.6 Å². The number of nitrogens with zero attached hydrogens (tertiary/aromatic N) is 2. The average molecular weight is 267 g/mol. The monoisotopic (exact) mass is 267 g/mol. The van der Waals surface area contributed by atoms with Gasteiger partial charge in [-0.2, -0.15) is 0 Å². The number of hydrogen-bond acceptors (Lipinski definition) is 3. The van der Waals surface area contributed by atoms with Gasteiger partial charge >= 0.3 is 0 Å². The van der Waals surface area contributed by atoms with E-state index in [1.54, 1.807) is 0 Å². The molecule has 4 nitrogen and oxygen atoms in total. The van der Waals surface area contributed by atoms with Crippen LogP contribution in [-0.2, 0) is 4.79 Å². The molecular formula is C15H29N3O. The van der Waals surface area contributed by atoms with Crippen molar-refractivity contribution in [1.29, 1.82) is 0 Å². The third-order valence-electron chi connectivity index (χ3n) is 4.88. The number of hydrogen-bond donors (Lipinski definition) is 1. The van der Waals surface area contributed by atoms with E-state index < -0.39 is 0 Å². The van der Waals surface area contributed by atoms with Crippen molar-refractivity contribution in [3.63, 3.8) is 0 Å². The minimum atomic E-state index is 0.0392. The number of carbonyl (C=O) groups excluding carboxylic acids is 1. The summed E-state index contributed by atoms with van der Waals surface area (Å²) in [6.07, 6.45) is 5.93. The highest BCUT2D eigenvalue weighted by atomic mass is 16.2. The fourth-order valence-electron chi connectivity index (χ4n) is 3.55. The van der Waals surface area contributed by atoms with Gasteiger partial charge in [0.25, 0.3) is 0 Å². The molecule has 110 valence electrons. The Bertz CT molecular complexity index is 292. The maximum atomic E-state index is 12.6. The first-order valence-corrected chi connectivity index (χ1v) is 7.82. The zero-order valence-corrected chi connectivity index (χ0v) is 12.5. The van der Waals surface area contributed by atoms with Crippen LogP contribution in [0.1, 0.15) is 39.0 Å². The van der Waals surface area contributed by atoms with Crippen molar-refractivity contribution in [2.45, 2.75) is 45.1 Å². The molecule has 1 saturated heterocycles. The van der Waals surface area contributed by atoms with Gasteiger partial charge in [-0.3, -0.25) is 4.79 Å². The van der Waals surface area contributed by atoms with Crippen LogP contribution in [-0.4, -0.2) is 55.0 Å². The Morgan fingerprint density at radius 2 is 1.95 bits per heavy atom. The molecule has 1 saturated carbocycles. The molecule has 0 aromatic rings. The van der Waals surface area contributed by atoms with Crippen LogP contribution in [0.3, 0.4) is 0 Å². The van der Waals surface area contributed by atoms with Crippen molar-refractivity contribution >= 4 is 5.91 Å². The van der Waals surface area contributed by atoms with E-state index in [4.69, 9.17) is 5.73 Å². The van der Waals surface area contributed by atoms with E-state index in [0.717, 1.165) is 25.9 Å². The van der Waals surface area contributed by atoms with Crippen LogP contribution in [0.2, 0.25) is 0 Å². The highest BCUT2D eigenvalue weighted by Crippen LogP contribution is 2.30. The summed E-state index contributed by atoms with van der Waals surface area (Å²) in [4.78, 5) is 16.9. The van der Waals surface area contributed by atoms with Crippen LogP contribution in [0.5, 0.6) is 0 Å². The molecule has 2 fully saturated rings. The Hall–Kier alpha value is -0.610. The van der Waals surface area contributed by atoms with Crippen LogP contribution in [0.4, 0.5) is 0 Å². The van der Waals surface area contributed by atoms with E-state index in [1.165, 1.54) is 32.4 Å². The number of likely N-dealkylation sites (tertiary alicyclic amines) is 1. The fraction of sp³-hybridized carbons (Fsp3) is 0.933. The molecule has 0 aromatic heterocycles. The molecule has 1 heterocycles. The number of rotatable bonds is 4. The third kappa shape index (κ3) is 3.69. The average Bonchev–Trinajstić information content (AvgIpc) is 2.88. The van der Waals surface area contributed by atoms with E-state index in [-0.39, 0.29) is 17.9 Å². The maximum absolute atomic E-state index is 12.6. The van der Waals surface area contributed by atoms with E-state index >= 15 is 0 Å². The summed E-state index contributed by atoms with van der Waals surface area (Å²) < 4.78 is 0. The van der Waals surface area contributed by atoms with Crippen LogP contribution >= 0.6 is 0 Å². The van der Waals surface area contributed by atoms with Crippen molar-refractivity contribution < 1.29 is 4.79 Å². The van der Waals surface area contributed by atoms with Gasteiger partial charge in [-0.15, -0.1) is 0 Å². The van der Waals surface area contributed by atoms with Crippen molar-refractivity contribution in [3.8, 4) is 0 Å². The zero-order chi connectivity index (χ0) is 13.8. The van der Waals surface area contributed by atoms with E-state index in [0.29, 0.717) is 5.92 Å². The molecule has 0 spiro atoms. The first-order valence-electron chi connectivity index (χ1n) is 7.82. The van der Waals surface area contributed by atoms with Crippen molar-refractivity contribution in [1.82, 2.24) is 9.80 Å². The first kappa shape index (κ1) is 14.8. The SMILES string of the molecule is CC1CCCC(N)C1C(=O)N(C)CCN1CCCC1. The highest BCUT2D eigenvalue weighted by Gasteiger charge is 2.35. The lowest BCUT2D eigenvalue weighted by Gasteiger charge is -2.36. The van der Waals surface area contributed by atoms with E-state index in [1.807, 2.05) is 11.9 Å². The minimum Gasteiger partial charge on any atom is -0.344 e. The lowest BCUT2D eigenvalue weighted by molar-refractivity contribution is -0.137. The molecular weight excluding hydrogens is 238 g/mol. The van der Waals surface area contributed by atoms with Gasteiger partial charge < -0.3 is 15.5 Å². The molecule has 2 aliphatic rings. The second-order valence-electron chi connectivity index (χ2n) is 6.41. The smallest absolute Gasteiger partial charge is 0.227 e. The summed E-state index contributed by atoms with van der Waals surface area (Å²) in [7, 11) is 1.94. The summed E-state index contributed by atoms with van der Waals surface area (Å²) in [5.41, 5.74) is 6.17. The predicted octanol–water partition coefficient (Wildman–Crippen LogP) is 1.30. The fourth-order valence-corrected chi connectivity index (χ4v) is 3.55. The molecule has 0 radical (unpaired) electrons. The van der Waals surface area contributed by atoms with Crippen LogP contribution in [0.15, 0.2) is 0 Å². The predicted molar refractivity (Wildman–Crippen MR) is 77.8 cm³/mol. The Kier molecular flexibility index (Phi) is 5.22. The van der Waals surface area contributed by atoms with Gasteiger partial charge in [-0.05, 0) is 44.7 Å². The zero-order valence-electron chi connectivity index (χ0n) is 12.5. The van der Waals surface area contributed by atoms with Gasteiger partial charge in [-0.25, -0.2) is 0 Å². The van der Waals surface area contributed by atoms with E-state index in [2.05, 4.69) is 11.8 Å². The molecule has 4 heteroatoms. The van der Waals surface area contributed by atoms with Gasteiger partial charge in [0.2, 0.25) is 5.91 Å². The number of carbonyl (C=O) groups is 1. The summed E-state index contributed by atoms with van der Waals surface area (Å²) in [5.74, 6) is 0.738. The second kappa shape index (κ2) is 6.71. The molecule has 1 aliphatic heterocycles. The maximum Gasteiger partial charge on any atom is 0.227 e. The van der Waals surface area contributed by atoms with Crippen LogP contribution in [0.25, 0.3) is 0 Å². The van der Waals surface area contributed by atoms with Crippen LogP contribution < -0.4 is 5.73 Å². The second-order valence-corrected chi connectivity index (χ2v) is 6.41. The molecule has 1 amide bonds. The molecule has 0 aromatic carbocycles. The van der Waals surface area contributed by atoms with Crippen molar-refractivity contribution in [2.24, 2.45) is 17.6 Å². The summed E-state index contributed by atoms with van der Waals surface area (Å²) in [5, 5.41) is 0. The Morgan fingerprint density at radius 1 is 1.26 bits per heavy atom. The summed E-state index contributed by atoms with van der Waals surface area (Å²) in [6.45, 7) is 6.42. The number of nitrogens with two attached hydrogens (primary N) is 1. The van der Waals surface area contributed by atoms with Gasteiger partial charge in [-0.1, -0.05) is 13.3 Å². The number of amides is 1. The molecule has 19 heavy (non-hydrogen) atoms. The molecule has 1 aliphatic carbocycles. The number of likely N-dealkylation sites (N-methyl/N-ethyl adjacent to an activating group) is 1. The standard InChI is InChI=1S/C15H29N3O/c1-12-6-5-7-13(16)14(12)15(19)17(2)10-11-18-8-3-4-9-18/h12-14H,3-11,16H2,1-2H3. The molecule has 3 atom stereocenters. The molecule has 2 rings (SSSR count). The minimum absolute atomic E-state index is 0.0392. The molecule has 3 unspecified atom stereocenters. The van der Waals surface area contributed by atoms with Crippen molar-refractivity contribution in [2.75, 3.05) is 33.2 Å². The molecule has 0 bridgehead atoms. The van der Waals surface area contributed by atoms with Gasteiger partial charge in [0.15, 0.2) is 0 Å². The largest absolute Gasteiger partial charge is 0.344 e. The van der Waals surface area contributed by atoms with Gasteiger partial charge in [0.1, 0.15) is 0 Å². The Balaban J connectivity index is 1.82. The summed E-state index contributed by atoms with van der Waals surface area (Å²) >= 11 is 0. The van der Waals surface area contributed by atoms with E-state index in [9.17, 15) is 4.79 Å². The van der Waals surface area contributed by atoms with Crippen LogP contribution in [0, 0.1) is 11.8 Å². The third-order valence-corrected chi connectivity index (χ3v) is 4.88. The lowest BCUT2D eigenvalue weighted by atomic mass is 9.76. The first-order chi connectivity index (χ1) is 9.09. The normalized spacial score (nSPS) is 32.5. The van der Waals surface area contributed by atoms with Gasteiger partial charge in [0.05, 0.1) is 5.92 Å².